The summed E-state index contributed by atoms with van der Waals surface area (Å²) < 4.78 is 0. The summed E-state index contributed by atoms with van der Waals surface area (Å²) in [5.41, 5.74) is 0. The largest absolute Gasteiger partial charge is 0.389 e. The lowest BCUT2D eigenvalue weighted by atomic mass is 10.1. The maximum atomic E-state index is 9.35. The average molecular weight is 482 g/mol. The Bertz CT molecular complexity index is 163. The molecule has 0 fully saturated rings. The lowest BCUT2D eigenvalue weighted by Gasteiger charge is -2.07. The third-order valence-electron chi connectivity index (χ3n) is 2.08. The van der Waals surface area contributed by atoms with Gasteiger partial charge in [0.1, 0.15) is 0 Å². The zero-order valence-electron chi connectivity index (χ0n) is 11.9. The Hall–Kier alpha value is 0.860. The van der Waals surface area contributed by atoms with Gasteiger partial charge in [-0.3, -0.25) is 0 Å². The summed E-state index contributed by atoms with van der Waals surface area (Å²) in [7, 11) is 0. The Balaban J connectivity index is -0.000000506. The molecule has 0 saturated heterocycles. The molecule has 0 aromatic rings. The number of rotatable bonds is 7. The molecular weight excluding hydrogens is 454 g/mol. The molecule has 0 spiro atoms. The summed E-state index contributed by atoms with van der Waals surface area (Å²) in [6, 6.07) is 0. The Morgan fingerprint density at radius 3 is 1.33 bits per heavy atom. The van der Waals surface area contributed by atoms with Gasteiger partial charge >= 0.3 is 0 Å². The number of halogens is 2. The molecule has 0 amide bonds. The van der Waals surface area contributed by atoms with Crippen LogP contribution in [0, 0.1) is 0 Å². The highest BCUT2D eigenvalue weighted by Gasteiger charge is 2.01. The van der Waals surface area contributed by atoms with Crippen LogP contribution in [-0.2, 0) is 0 Å². The van der Waals surface area contributed by atoms with E-state index in [0.29, 0.717) is 0 Å². The van der Waals surface area contributed by atoms with Crippen molar-refractivity contribution in [3.8, 4) is 0 Å². The van der Waals surface area contributed by atoms with Crippen LogP contribution in [0.4, 0.5) is 0 Å². The van der Waals surface area contributed by atoms with Crippen molar-refractivity contribution in [2.24, 2.45) is 0 Å². The summed E-state index contributed by atoms with van der Waals surface area (Å²) in [6.07, 6.45) is 10.2. The minimum Gasteiger partial charge on any atom is -0.389 e. The van der Waals surface area contributed by atoms with E-state index in [0.717, 1.165) is 25.7 Å². The molecule has 0 aliphatic carbocycles. The number of aliphatic hydroxyl groups excluding tert-OH is 2. The van der Waals surface area contributed by atoms with Crippen LogP contribution in [-0.4, -0.2) is 22.4 Å². The predicted octanol–water partition coefficient (Wildman–Crippen LogP) is 5.22. The average Bonchev–Trinajstić information content (AvgIpc) is 2.40. The van der Waals surface area contributed by atoms with E-state index >= 15 is 0 Å². The molecule has 2 N–H and O–H groups in total. The van der Waals surface area contributed by atoms with Gasteiger partial charge in [0.25, 0.3) is 0 Å². The van der Waals surface area contributed by atoms with E-state index in [1.807, 2.05) is 39.8 Å². The van der Waals surface area contributed by atoms with Gasteiger partial charge in [-0.15, -0.1) is 0 Å². The number of hydrogen-bond acceptors (Lipinski definition) is 2. The molecular formula is C14H28I2O2. The molecule has 0 aliphatic rings. The Labute approximate surface area is 136 Å². The van der Waals surface area contributed by atoms with Gasteiger partial charge < -0.3 is 10.2 Å². The molecule has 2 nitrogen and oxygen atoms in total. The molecule has 4 heteroatoms. The van der Waals surface area contributed by atoms with Crippen molar-refractivity contribution in [3.63, 3.8) is 0 Å². The smallest absolute Gasteiger partial charge is 0.0720 e. The van der Waals surface area contributed by atoms with E-state index in [4.69, 9.17) is 0 Å². The van der Waals surface area contributed by atoms with E-state index in [2.05, 4.69) is 37.2 Å². The van der Waals surface area contributed by atoms with E-state index < -0.39 is 0 Å². The first-order valence-corrected chi connectivity index (χ1v) is 12.7. The van der Waals surface area contributed by atoms with Crippen LogP contribution in [0.15, 0.2) is 24.3 Å². The van der Waals surface area contributed by atoms with Crippen molar-refractivity contribution in [3.05, 3.63) is 24.3 Å². The molecule has 0 saturated carbocycles. The topological polar surface area (TPSA) is 40.5 Å². The minimum atomic E-state index is -0.320. The van der Waals surface area contributed by atoms with Gasteiger partial charge in [0, 0.05) is 37.2 Å². The first kappa shape index (κ1) is 23.9. The van der Waals surface area contributed by atoms with E-state index in [-0.39, 0.29) is 12.2 Å². The fourth-order valence-corrected chi connectivity index (χ4v) is 1.34. The maximum Gasteiger partial charge on any atom is 0.0720 e. The fourth-order valence-electron chi connectivity index (χ4n) is 1.34. The van der Waals surface area contributed by atoms with Gasteiger partial charge in [-0.2, -0.15) is 0 Å². The molecule has 110 valence electrons. The van der Waals surface area contributed by atoms with Crippen molar-refractivity contribution >= 4 is 37.2 Å². The highest BCUT2D eigenvalue weighted by molar-refractivity contribution is 15.0. The van der Waals surface area contributed by atoms with E-state index in [1.54, 1.807) is 12.2 Å². The lowest BCUT2D eigenvalue weighted by Crippen LogP contribution is -2.04. The van der Waals surface area contributed by atoms with Crippen molar-refractivity contribution in [2.45, 2.75) is 65.6 Å². The van der Waals surface area contributed by atoms with Gasteiger partial charge in [-0.05, 0) is 26.7 Å². The SMILES string of the molecule is C/C=C/C(O)CCCCC(O)/C=C/C.CC.II. The first-order chi connectivity index (χ1) is 8.70. The van der Waals surface area contributed by atoms with Crippen LogP contribution in [0.5, 0.6) is 0 Å². The Morgan fingerprint density at radius 1 is 0.833 bits per heavy atom. The highest BCUT2D eigenvalue weighted by Crippen LogP contribution is 2.07. The molecule has 0 heterocycles. The molecule has 2 atom stereocenters. The zero-order valence-corrected chi connectivity index (χ0v) is 16.3. The lowest BCUT2D eigenvalue weighted by molar-refractivity contribution is 0.191. The van der Waals surface area contributed by atoms with Crippen LogP contribution in [0.25, 0.3) is 0 Å². The summed E-state index contributed by atoms with van der Waals surface area (Å²) in [4.78, 5) is 0. The van der Waals surface area contributed by atoms with Crippen LogP contribution in [0.1, 0.15) is 53.4 Å². The first-order valence-electron chi connectivity index (χ1n) is 6.46. The summed E-state index contributed by atoms with van der Waals surface area (Å²) in [5.74, 6) is 0. The molecule has 0 aromatic carbocycles. The molecule has 18 heavy (non-hydrogen) atoms. The number of aliphatic hydroxyl groups is 2. The zero-order chi connectivity index (χ0) is 14.8. The standard InChI is InChI=1S/C12H22O2.C2H6.I2/c1-3-7-11(13)9-5-6-10-12(14)8-4-2;2*1-2/h3-4,7-8,11-14H,5-6,9-10H2,1-2H3;1-2H3;/b7-3+,8-4+;;. The molecule has 0 rings (SSSR count). The van der Waals surface area contributed by atoms with E-state index in [9.17, 15) is 10.2 Å². The summed E-state index contributed by atoms with van der Waals surface area (Å²) in [6.45, 7) is 7.80. The highest BCUT2D eigenvalue weighted by atomic mass is 128. The van der Waals surface area contributed by atoms with Crippen molar-refractivity contribution < 1.29 is 10.2 Å². The van der Waals surface area contributed by atoms with Crippen LogP contribution in [0.3, 0.4) is 0 Å². The fraction of sp³-hybridized carbons (Fsp3) is 0.714. The Morgan fingerprint density at radius 2 is 1.11 bits per heavy atom. The second kappa shape index (κ2) is 23.0. The number of unbranched alkanes of at least 4 members (excludes halogenated alkanes) is 1. The third-order valence-corrected chi connectivity index (χ3v) is 2.08. The van der Waals surface area contributed by atoms with Crippen molar-refractivity contribution in [1.29, 1.82) is 0 Å². The second-order valence-corrected chi connectivity index (χ2v) is 3.47. The molecule has 0 bridgehead atoms. The monoisotopic (exact) mass is 482 g/mol. The Kier molecular flexibility index (Phi) is 30.5. The van der Waals surface area contributed by atoms with E-state index in [1.165, 1.54) is 0 Å². The maximum absolute atomic E-state index is 9.35. The van der Waals surface area contributed by atoms with Gasteiger partial charge in [-0.1, -0.05) is 51.0 Å². The van der Waals surface area contributed by atoms with Gasteiger partial charge in [0.05, 0.1) is 12.2 Å². The normalized spacial score (nSPS) is 13.6. The van der Waals surface area contributed by atoms with Crippen LogP contribution < -0.4 is 0 Å². The summed E-state index contributed by atoms with van der Waals surface area (Å²) >= 11 is 4.24. The quantitative estimate of drug-likeness (QED) is 0.297. The number of allylic oxidation sites excluding steroid dienone is 2. The van der Waals surface area contributed by atoms with Crippen LogP contribution in [0.2, 0.25) is 0 Å². The van der Waals surface area contributed by atoms with Crippen molar-refractivity contribution in [1.82, 2.24) is 0 Å². The van der Waals surface area contributed by atoms with Gasteiger partial charge in [0.15, 0.2) is 0 Å². The summed E-state index contributed by atoms with van der Waals surface area (Å²) in [5, 5.41) is 18.7. The van der Waals surface area contributed by atoms with Crippen LogP contribution >= 0.6 is 37.2 Å². The molecule has 0 radical (unpaired) electrons. The van der Waals surface area contributed by atoms with Gasteiger partial charge in [-0.25, -0.2) is 0 Å². The minimum absolute atomic E-state index is 0.320. The molecule has 0 aliphatic heterocycles. The van der Waals surface area contributed by atoms with Crippen molar-refractivity contribution in [2.75, 3.05) is 0 Å². The molecule has 2 unspecified atom stereocenters. The third kappa shape index (κ3) is 22.1. The van der Waals surface area contributed by atoms with Gasteiger partial charge in [0.2, 0.25) is 0 Å². The number of hydrogen-bond donors (Lipinski definition) is 2. The second-order valence-electron chi connectivity index (χ2n) is 3.47. The molecule has 0 aromatic heterocycles. The predicted molar refractivity (Wildman–Crippen MR) is 99.5 cm³/mol.